The van der Waals surface area contributed by atoms with Crippen LogP contribution >= 0.6 is 0 Å². The number of carbonyl (C=O) groups is 4. The van der Waals surface area contributed by atoms with Gasteiger partial charge in [-0.2, -0.15) is 0 Å². The van der Waals surface area contributed by atoms with Crippen LogP contribution in [0.2, 0.25) is 0 Å². The number of aliphatic hydroxyl groups is 2. The van der Waals surface area contributed by atoms with Gasteiger partial charge in [-0.1, -0.05) is 43.3 Å². The Hall–Kier alpha value is -5.17. The molecule has 9 atom stereocenters. The molecule has 2 aliphatic heterocycles. The van der Waals surface area contributed by atoms with Crippen molar-refractivity contribution in [2.24, 2.45) is 34.0 Å². The topological polar surface area (TPSA) is 241 Å². The Morgan fingerprint density at radius 1 is 0.983 bits per heavy atom. The molecule has 308 valence electrons. The summed E-state index contributed by atoms with van der Waals surface area (Å²) in [7, 11) is -4.32. The SMILES string of the molecule is C=C1C(=O)[C@]23[C@H](OC(=O)c4ccc(C(=O)OCCOc5[nH]o[n+](=O)c5S(=O)(=O)c5ccccc5)cc4)[C@H]1CC[C@H]2[C@@]12CO[C@@]3(O)[C@@H](O)[C@@H]1C(C)(C)CCC2OC(C)=O. The molecule has 3 N–H and O–H groups in total. The fraction of sp³-hybridized carbons (Fsp3) is 0.500. The number of ketones is 1. The summed E-state index contributed by atoms with van der Waals surface area (Å²) >= 11 is 0. The number of Topliss-reactive ketones (excluding diaryl/α,β-unsaturated/α-hetero) is 1. The van der Waals surface area contributed by atoms with Crippen molar-refractivity contribution in [3.05, 3.63) is 82.8 Å². The number of nitrogens with one attached hydrogen (secondary N) is 1. The predicted molar refractivity (Wildman–Crippen MR) is 194 cm³/mol. The molecule has 4 bridgehead atoms. The van der Waals surface area contributed by atoms with E-state index in [1.807, 2.05) is 13.8 Å². The molecule has 6 fully saturated rings. The maximum absolute atomic E-state index is 14.5. The van der Waals surface area contributed by atoms with Crippen molar-refractivity contribution in [2.75, 3.05) is 19.8 Å². The zero-order valence-electron chi connectivity index (χ0n) is 31.9. The molecule has 18 heteroatoms. The predicted octanol–water partition coefficient (Wildman–Crippen LogP) is 2.72. The van der Waals surface area contributed by atoms with Crippen molar-refractivity contribution in [1.82, 2.24) is 5.16 Å². The van der Waals surface area contributed by atoms with Crippen molar-refractivity contribution >= 4 is 33.5 Å². The highest BCUT2D eigenvalue weighted by Gasteiger charge is 2.88. The van der Waals surface area contributed by atoms with Crippen LogP contribution in [0.3, 0.4) is 0 Å². The number of H-pyrrole nitrogens is 1. The Balaban J connectivity index is 0.983. The number of fused-ring (bicyclic) bond motifs is 2. The number of sulfone groups is 1. The second kappa shape index (κ2) is 13.7. The first kappa shape index (κ1) is 39.6. The summed E-state index contributed by atoms with van der Waals surface area (Å²) in [4.78, 5) is 65.7. The number of carbonyl (C=O) groups excluding carboxylic acids is 4. The van der Waals surface area contributed by atoms with Crippen molar-refractivity contribution in [1.29, 1.82) is 0 Å². The number of rotatable bonds is 10. The smallest absolute Gasteiger partial charge is 0.404 e. The minimum Gasteiger partial charge on any atom is -0.462 e. The van der Waals surface area contributed by atoms with E-state index in [2.05, 4.69) is 16.4 Å². The van der Waals surface area contributed by atoms with Crippen molar-refractivity contribution < 1.29 is 70.7 Å². The third-order valence-electron chi connectivity index (χ3n) is 13.2. The van der Waals surface area contributed by atoms with Crippen molar-refractivity contribution in [2.45, 2.75) is 80.5 Å². The van der Waals surface area contributed by atoms with E-state index in [0.29, 0.717) is 25.7 Å². The van der Waals surface area contributed by atoms with Gasteiger partial charge in [0, 0.05) is 24.2 Å². The monoisotopic (exact) mass is 823 g/mol. The number of aromatic amines is 1. The first-order chi connectivity index (χ1) is 27.4. The molecule has 2 aromatic carbocycles. The number of aliphatic hydroxyl groups excluding tert-OH is 1. The average Bonchev–Trinajstić information content (AvgIpc) is 3.62. The minimum atomic E-state index is -4.32. The first-order valence-corrected chi connectivity index (χ1v) is 20.4. The normalized spacial score (nSPS) is 33.1. The molecule has 4 saturated carbocycles. The standard InChI is InChI=1S/C40H43N2O15S/c1-21-26-14-15-27-38-20-54-40(48,31(45)29(38)37(3,4)17-16-28(38)55-22(2)43)39(27,30(21)44)32(26)56-36(47)24-12-10-23(11-13-24)35(46)53-19-18-52-33-34(42(49)57-41-33)58(50,51)25-8-6-5-7-9-25/h5-13,26-29,31-32,41,45,48H,1,14-20H2,2-4H3/q+1/t26-,27-,28?,29+,31-,32+,38+,39-,40-/m0/s1. The summed E-state index contributed by atoms with van der Waals surface area (Å²) in [5.74, 6) is -7.72. The van der Waals surface area contributed by atoms with Crippen LogP contribution in [-0.2, 0) is 38.4 Å². The molecule has 58 heavy (non-hydrogen) atoms. The van der Waals surface area contributed by atoms with E-state index < -0.39 is 103 Å². The van der Waals surface area contributed by atoms with Gasteiger partial charge in [-0.05, 0) is 89.1 Å². The fourth-order valence-electron chi connectivity index (χ4n) is 10.9. The van der Waals surface area contributed by atoms with Gasteiger partial charge >= 0.3 is 28.8 Å². The summed E-state index contributed by atoms with van der Waals surface area (Å²) < 4.78 is 59.2. The highest BCUT2D eigenvalue weighted by Crippen LogP contribution is 2.77. The summed E-state index contributed by atoms with van der Waals surface area (Å²) in [6.07, 6.45) is -1.80. The van der Waals surface area contributed by atoms with Crippen LogP contribution in [0, 0.1) is 38.9 Å². The molecule has 4 aliphatic carbocycles. The van der Waals surface area contributed by atoms with Crippen LogP contribution in [0.4, 0.5) is 0 Å². The lowest BCUT2D eigenvalue weighted by Gasteiger charge is -2.74. The highest BCUT2D eigenvalue weighted by atomic mass is 32.2. The molecule has 2 spiro atoms. The Morgan fingerprint density at radius 2 is 1.66 bits per heavy atom. The van der Waals surface area contributed by atoms with Gasteiger partial charge in [0.25, 0.3) is 9.84 Å². The lowest BCUT2D eigenvalue weighted by Crippen LogP contribution is -2.86. The van der Waals surface area contributed by atoms with E-state index >= 15 is 0 Å². The Morgan fingerprint density at radius 3 is 2.33 bits per heavy atom. The molecule has 3 heterocycles. The molecule has 3 aromatic rings. The summed E-state index contributed by atoms with van der Waals surface area (Å²) in [5.41, 5.74) is -3.38. The molecule has 1 unspecified atom stereocenters. The van der Waals surface area contributed by atoms with Crippen molar-refractivity contribution in [3.8, 4) is 5.88 Å². The quantitative estimate of drug-likeness (QED) is 0.115. The Labute approximate surface area is 331 Å². The van der Waals surface area contributed by atoms with Gasteiger partial charge in [-0.15, -0.1) is 0 Å². The molecule has 2 saturated heterocycles. The number of benzene rings is 2. The van der Waals surface area contributed by atoms with Crippen LogP contribution in [-0.4, -0.2) is 91.4 Å². The molecule has 1 aromatic heterocycles. The van der Waals surface area contributed by atoms with Gasteiger partial charge in [0.05, 0.1) is 22.6 Å². The van der Waals surface area contributed by atoms with Gasteiger partial charge in [0.15, 0.2) is 5.78 Å². The largest absolute Gasteiger partial charge is 0.462 e. The Kier molecular flexibility index (Phi) is 9.37. The zero-order chi connectivity index (χ0) is 41.6. The number of esters is 3. The van der Waals surface area contributed by atoms with Crippen molar-refractivity contribution in [3.63, 3.8) is 0 Å². The third kappa shape index (κ3) is 5.48. The summed E-state index contributed by atoms with van der Waals surface area (Å²) in [5, 5.41) is 26.0. The Bertz CT molecular complexity index is 2370. The maximum atomic E-state index is 14.5. The fourth-order valence-corrected chi connectivity index (χ4v) is 12.3. The van der Waals surface area contributed by atoms with E-state index in [1.165, 1.54) is 55.5 Å². The van der Waals surface area contributed by atoms with Crippen LogP contribution in [0.5, 0.6) is 5.88 Å². The third-order valence-corrected chi connectivity index (χ3v) is 14.9. The van der Waals surface area contributed by atoms with E-state index in [0.717, 1.165) is 0 Å². The van der Waals surface area contributed by atoms with E-state index in [1.54, 1.807) is 6.07 Å². The van der Waals surface area contributed by atoms with Gasteiger partial charge in [0.2, 0.25) is 10.4 Å². The summed E-state index contributed by atoms with van der Waals surface area (Å²) in [6, 6.07) is 12.4. The average molecular weight is 824 g/mol. The molecule has 9 rings (SSSR count). The van der Waals surface area contributed by atoms with Gasteiger partial charge in [-0.25, -0.2) is 18.0 Å². The minimum absolute atomic E-state index is 0.00601. The number of hydrogen-bond donors (Lipinski definition) is 3. The number of nitrogens with zero attached hydrogens (tertiary/aromatic N) is 1. The van der Waals surface area contributed by atoms with Crippen LogP contribution in [0.1, 0.15) is 67.2 Å². The lowest BCUT2D eigenvalue weighted by atomic mass is 9.35. The second-order valence-corrected chi connectivity index (χ2v) is 18.3. The van der Waals surface area contributed by atoms with E-state index in [-0.39, 0.29) is 46.0 Å². The van der Waals surface area contributed by atoms with Gasteiger partial charge < -0.3 is 33.9 Å². The maximum Gasteiger partial charge on any atom is 0.404 e. The second-order valence-electron chi connectivity index (χ2n) is 16.4. The van der Waals surface area contributed by atoms with E-state index in [4.69, 9.17) is 23.7 Å². The first-order valence-electron chi connectivity index (χ1n) is 18.9. The number of hydrogen-bond acceptors (Lipinski definition) is 15. The van der Waals surface area contributed by atoms with E-state index in [9.17, 15) is 42.7 Å². The zero-order valence-corrected chi connectivity index (χ0v) is 32.7. The molecule has 0 amide bonds. The van der Waals surface area contributed by atoms with Gasteiger partial charge in [-0.3, -0.25) is 9.59 Å². The number of aromatic nitrogens is 2. The lowest BCUT2D eigenvalue weighted by molar-refractivity contribution is -0.744. The van der Waals surface area contributed by atoms with Crippen LogP contribution in [0.15, 0.2) is 81.3 Å². The van der Waals surface area contributed by atoms with Crippen LogP contribution < -0.4 is 9.34 Å². The van der Waals surface area contributed by atoms with Gasteiger partial charge in [0.1, 0.15) is 36.9 Å². The highest BCUT2D eigenvalue weighted by molar-refractivity contribution is 7.91. The molecule has 17 nitrogen and oxygen atoms in total. The molecule has 6 aliphatic rings. The summed E-state index contributed by atoms with van der Waals surface area (Å²) in [6.45, 7) is 8.50. The number of ether oxygens (including phenoxy) is 5. The molecule has 0 radical (unpaired) electrons. The molecular weight excluding hydrogens is 781 g/mol. The van der Waals surface area contributed by atoms with Crippen LogP contribution in [0.25, 0.3) is 0 Å². The molecular formula is C40H43N2O15S+.